The van der Waals surface area contributed by atoms with Crippen molar-refractivity contribution in [3.05, 3.63) is 63.8 Å². The fourth-order valence-electron chi connectivity index (χ4n) is 6.42. The van der Waals surface area contributed by atoms with Crippen molar-refractivity contribution in [2.24, 2.45) is 23.7 Å². The maximum atomic E-state index is 15.2. The van der Waals surface area contributed by atoms with Crippen molar-refractivity contribution in [3.63, 3.8) is 0 Å². The first-order valence-corrected chi connectivity index (χ1v) is 15.6. The first kappa shape index (κ1) is 32.1. The van der Waals surface area contributed by atoms with Crippen LogP contribution >= 0.6 is 0 Å². The third-order valence-electron chi connectivity index (χ3n) is 9.18. The molecule has 2 saturated carbocycles. The molecule has 0 atom stereocenters. The quantitative estimate of drug-likeness (QED) is 0.199. The topological polar surface area (TPSA) is 57.9 Å². The van der Waals surface area contributed by atoms with Crippen LogP contribution < -0.4 is 19.8 Å². The minimum atomic E-state index is -3.65. The molecule has 0 aliphatic heterocycles. The van der Waals surface area contributed by atoms with Crippen molar-refractivity contribution >= 4 is 10.8 Å². The van der Waals surface area contributed by atoms with Gasteiger partial charge in [-0.25, -0.2) is 13.6 Å². The number of benzene rings is 2. The van der Waals surface area contributed by atoms with E-state index < -0.39 is 47.5 Å². The molecule has 0 unspecified atom stereocenters. The summed E-state index contributed by atoms with van der Waals surface area (Å²) < 4.78 is 95.3. The Hall–Kier alpha value is -3.30. The molecular weight excluding hydrogens is 583 g/mol. The van der Waals surface area contributed by atoms with Gasteiger partial charge in [-0.1, -0.05) is 39.5 Å². The lowest BCUT2D eigenvalue weighted by Crippen LogP contribution is -2.37. The zero-order valence-corrected chi connectivity index (χ0v) is 25.1. The Labute approximate surface area is 253 Å². The van der Waals surface area contributed by atoms with Crippen LogP contribution in [0.25, 0.3) is 10.8 Å². The first-order chi connectivity index (χ1) is 21.1. The second-order valence-electron chi connectivity index (χ2n) is 12.4. The molecule has 0 radical (unpaired) electrons. The number of ether oxygens (including phenoxy) is 3. The number of rotatable bonds is 11. The highest BCUT2D eigenvalue weighted by atomic mass is 19.3. The minimum absolute atomic E-state index is 0.0494. The van der Waals surface area contributed by atoms with Gasteiger partial charge in [0.15, 0.2) is 23.1 Å². The molecule has 5 rings (SSSR count). The van der Waals surface area contributed by atoms with Crippen LogP contribution in [0.4, 0.5) is 22.0 Å². The van der Waals surface area contributed by atoms with Crippen LogP contribution in [0.5, 0.6) is 17.4 Å². The zero-order chi connectivity index (χ0) is 31.4. The van der Waals surface area contributed by atoms with Gasteiger partial charge in [0.25, 0.3) is 5.95 Å². The molecule has 1 heterocycles. The summed E-state index contributed by atoms with van der Waals surface area (Å²) in [6.07, 6.45) is 4.35. The van der Waals surface area contributed by atoms with E-state index in [0.717, 1.165) is 50.7 Å². The Balaban J connectivity index is 1.22. The second-order valence-corrected chi connectivity index (χ2v) is 12.4. The van der Waals surface area contributed by atoms with Crippen molar-refractivity contribution in [2.75, 3.05) is 6.61 Å². The number of hydrogen-bond donors (Lipinski definition) is 0. The fraction of sp³-hybridized carbons (Fsp3) is 0.559. The van der Waals surface area contributed by atoms with E-state index in [9.17, 15) is 22.4 Å². The van der Waals surface area contributed by atoms with Gasteiger partial charge in [0.1, 0.15) is 12.0 Å². The van der Waals surface area contributed by atoms with Gasteiger partial charge in [0.2, 0.25) is 5.82 Å². The molecule has 2 fully saturated rings. The summed E-state index contributed by atoms with van der Waals surface area (Å²) in [4.78, 5) is 12.6. The highest BCUT2D eigenvalue weighted by Crippen LogP contribution is 2.42. The van der Waals surface area contributed by atoms with Crippen LogP contribution in [0.3, 0.4) is 0 Å². The number of halogens is 5. The van der Waals surface area contributed by atoms with Crippen LogP contribution in [-0.4, -0.2) is 12.7 Å². The third-order valence-corrected chi connectivity index (χ3v) is 9.18. The first-order valence-electron chi connectivity index (χ1n) is 15.6. The predicted octanol–water partition coefficient (Wildman–Crippen LogP) is 9.57. The standard InChI is InChI=1S/C34H39F5O5/c1-3-4-21-9-13-25(14-10-21)34(38,39)44-27-16-12-24(30(35)32(27)37)19-42-28-17-23-11-15-26(31(36)29(23)33(40)43-28)41-18-22-7-5-20(2)6-8-22/h11-12,15-17,20-22,25H,3-10,13-14,18-19H2,1-2H3. The Morgan fingerprint density at radius 3 is 2.23 bits per heavy atom. The third kappa shape index (κ3) is 7.32. The maximum Gasteiger partial charge on any atom is 0.400 e. The van der Waals surface area contributed by atoms with E-state index in [1.165, 1.54) is 18.2 Å². The van der Waals surface area contributed by atoms with E-state index in [1.54, 1.807) is 0 Å². The van der Waals surface area contributed by atoms with Crippen molar-refractivity contribution in [2.45, 2.75) is 90.8 Å². The van der Waals surface area contributed by atoms with Gasteiger partial charge in [0, 0.05) is 11.6 Å². The minimum Gasteiger partial charge on any atom is -0.490 e. The molecule has 1 aromatic heterocycles. The average Bonchev–Trinajstić information content (AvgIpc) is 3.00. The van der Waals surface area contributed by atoms with Crippen LogP contribution in [-0.2, 0) is 6.61 Å². The molecule has 2 aliphatic carbocycles. The van der Waals surface area contributed by atoms with E-state index in [4.69, 9.17) is 18.6 Å². The van der Waals surface area contributed by atoms with E-state index in [-0.39, 0.29) is 40.9 Å². The van der Waals surface area contributed by atoms with Gasteiger partial charge >= 0.3 is 11.7 Å². The van der Waals surface area contributed by atoms with Gasteiger partial charge in [-0.3, -0.25) is 0 Å². The summed E-state index contributed by atoms with van der Waals surface area (Å²) >= 11 is 0. The summed E-state index contributed by atoms with van der Waals surface area (Å²) in [5, 5.41) is -0.139. The molecule has 10 heteroatoms. The molecule has 0 N–H and O–H groups in total. The van der Waals surface area contributed by atoms with Crippen molar-refractivity contribution in [3.8, 4) is 17.4 Å². The van der Waals surface area contributed by atoms with Crippen LogP contribution in [0.1, 0.15) is 83.6 Å². The molecular formula is C34H39F5O5. The molecule has 0 bridgehead atoms. The normalized spacial score (nSPS) is 22.6. The maximum absolute atomic E-state index is 15.2. The second kappa shape index (κ2) is 13.8. The van der Waals surface area contributed by atoms with E-state index in [2.05, 4.69) is 13.8 Å². The number of hydrogen-bond acceptors (Lipinski definition) is 5. The Kier molecular flexibility index (Phi) is 10.1. The largest absolute Gasteiger partial charge is 0.490 e. The summed E-state index contributed by atoms with van der Waals surface area (Å²) in [5.74, 6) is -4.80. The van der Waals surface area contributed by atoms with Gasteiger partial charge < -0.3 is 18.6 Å². The van der Waals surface area contributed by atoms with E-state index in [1.807, 2.05) is 0 Å². The summed E-state index contributed by atoms with van der Waals surface area (Å²) in [6.45, 7) is 4.03. The molecule has 0 amide bonds. The molecule has 2 aliphatic rings. The predicted molar refractivity (Wildman–Crippen MR) is 156 cm³/mol. The lowest BCUT2D eigenvalue weighted by Gasteiger charge is -2.33. The van der Waals surface area contributed by atoms with E-state index >= 15 is 4.39 Å². The van der Waals surface area contributed by atoms with Gasteiger partial charge in [-0.2, -0.15) is 13.2 Å². The Morgan fingerprint density at radius 1 is 0.841 bits per heavy atom. The van der Waals surface area contributed by atoms with Gasteiger partial charge in [-0.05, 0) is 85.9 Å². The van der Waals surface area contributed by atoms with Crippen molar-refractivity contribution in [1.29, 1.82) is 0 Å². The van der Waals surface area contributed by atoms with Gasteiger partial charge in [-0.15, -0.1) is 0 Å². The van der Waals surface area contributed by atoms with Crippen LogP contribution in [0, 0.1) is 41.1 Å². The number of alkyl halides is 2. The molecule has 0 saturated heterocycles. The lowest BCUT2D eigenvalue weighted by molar-refractivity contribution is -0.224. The molecule has 3 aromatic rings. The summed E-state index contributed by atoms with van der Waals surface area (Å²) in [6, 6.07) is 6.16. The summed E-state index contributed by atoms with van der Waals surface area (Å²) in [7, 11) is 0. The zero-order valence-electron chi connectivity index (χ0n) is 25.1. The molecule has 5 nitrogen and oxygen atoms in total. The van der Waals surface area contributed by atoms with E-state index in [0.29, 0.717) is 37.2 Å². The van der Waals surface area contributed by atoms with Crippen molar-refractivity contribution in [1.82, 2.24) is 0 Å². The highest BCUT2D eigenvalue weighted by Gasteiger charge is 2.44. The molecule has 240 valence electrons. The fourth-order valence-corrected chi connectivity index (χ4v) is 6.42. The molecule has 44 heavy (non-hydrogen) atoms. The average molecular weight is 623 g/mol. The highest BCUT2D eigenvalue weighted by molar-refractivity contribution is 5.84. The molecule has 2 aromatic carbocycles. The van der Waals surface area contributed by atoms with Crippen LogP contribution in [0.2, 0.25) is 0 Å². The Morgan fingerprint density at radius 2 is 1.52 bits per heavy atom. The monoisotopic (exact) mass is 622 g/mol. The molecule has 0 spiro atoms. The summed E-state index contributed by atoms with van der Waals surface area (Å²) in [5.41, 5.74) is -1.33. The Bertz CT molecular complexity index is 1490. The van der Waals surface area contributed by atoms with Crippen LogP contribution in [0.15, 0.2) is 39.5 Å². The SMILES string of the molecule is CCCC1CCC(C(F)(F)Oc2ccc(COc3cc4ccc(OCC5CCC(C)CC5)c(F)c4c(=O)o3)c(F)c2F)CC1. The lowest BCUT2D eigenvalue weighted by atomic mass is 9.79. The smallest absolute Gasteiger partial charge is 0.400 e. The number of fused-ring (bicyclic) bond motifs is 1. The van der Waals surface area contributed by atoms with Gasteiger partial charge in [0.05, 0.1) is 12.5 Å². The van der Waals surface area contributed by atoms with Crippen molar-refractivity contribution < 1.29 is 40.6 Å².